The molecule has 3 heteroatoms. The molecule has 1 aromatic carbocycles. The van der Waals surface area contributed by atoms with Crippen LogP contribution in [-0.2, 0) is 4.79 Å². The van der Waals surface area contributed by atoms with Crippen LogP contribution in [0.5, 0.6) is 0 Å². The van der Waals surface area contributed by atoms with E-state index in [1.165, 1.54) is 0 Å². The van der Waals surface area contributed by atoms with Gasteiger partial charge in [-0.2, -0.15) is 0 Å². The Labute approximate surface area is 94.3 Å². The summed E-state index contributed by atoms with van der Waals surface area (Å²) in [7, 11) is 0. The van der Waals surface area contributed by atoms with E-state index < -0.39 is 12.0 Å². The molecule has 1 heterocycles. The molecule has 84 valence electrons. The van der Waals surface area contributed by atoms with Gasteiger partial charge in [0.25, 0.3) is 0 Å². The number of aromatic nitrogens is 1. The first-order valence-corrected chi connectivity index (χ1v) is 5.44. The zero-order valence-corrected chi connectivity index (χ0v) is 9.47. The van der Waals surface area contributed by atoms with Gasteiger partial charge in [0.1, 0.15) is 6.04 Å². The lowest BCUT2D eigenvalue weighted by atomic mass is 10.2. The Bertz CT molecular complexity index is 528. The van der Waals surface area contributed by atoms with E-state index in [2.05, 4.69) is 0 Å². The van der Waals surface area contributed by atoms with E-state index in [4.69, 9.17) is 0 Å². The topological polar surface area (TPSA) is 42.2 Å². The van der Waals surface area contributed by atoms with Gasteiger partial charge in [-0.15, -0.1) is 0 Å². The van der Waals surface area contributed by atoms with E-state index in [1.807, 2.05) is 48.7 Å². The van der Waals surface area contributed by atoms with Gasteiger partial charge in [-0.25, -0.2) is 4.79 Å². The van der Waals surface area contributed by atoms with Gasteiger partial charge in [0.2, 0.25) is 0 Å². The second-order valence-electron chi connectivity index (χ2n) is 3.98. The maximum atomic E-state index is 11.2. The average molecular weight is 217 g/mol. The number of fused-ring (bicyclic) bond motifs is 1. The van der Waals surface area contributed by atoms with Crippen molar-refractivity contribution in [1.82, 2.24) is 4.57 Å². The molecule has 0 aliphatic rings. The van der Waals surface area contributed by atoms with Crippen LogP contribution in [0.3, 0.4) is 0 Å². The van der Waals surface area contributed by atoms with Gasteiger partial charge in [-0.05, 0) is 30.9 Å². The molecule has 0 spiro atoms. The summed E-state index contributed by atoms with van der Waals surface area (Å²) >= 11 is 0. The molecule has 2 aromatic rings. The number of carboxylic acid groups (broad SMARTS) is 1. The summed E-state index contributed by atoms with van der Waals surface area (Å²) in [4.78, 5) is 11.2. The average Bonchev–Trinajstić information content (AvgIpc) is 2.57. The lowest BCUT2D eigenvalue weighted by Gasteiger charge is -2.15. The molecule has 3 nitrogen and oxygen atoms in total. The van der Waals surface area contributed by atoms with Crippen molar-refractivity contribution in [2.45, 2.75) is 26.3 Å². The van der Waals surface area contributed by atoms with E-state index in [0.717, 1.165) is 16.6 Å². The summed E-state index contributed by atoms with van der Waals surface area (Å²) in [5, 5.41) is 10.3. The second kappa shape index (κ2) is 4.00. The molecule has 1 aromatic heterocycles. The number of nitrogens with zero attached hydrogens (tertiary/aromatic N) is 1. The molecule has 1 unspecified atom stereocenters. The third-order valence-electron chi connectivity index (χ3n) is 2.92. The van der Waals surface area contributed by atoms with E-state index in [1.54, 1.807) is 0 Å². The summed E-state index contributed by atoms with van der Waals surface area (Å²) in [6.07, 6.45) is 0.592. The largest absolute Gasteiger partial charge is 0.480 e. The summed E-state index contributed by atoms with van der Waals surface area (Å²) in [5.74, 6) is -0.771. The number of aryl methyl sites for hydroxylation is 1. The number of carboxylic acids is 1. The van der Waals surface area contributed by atoms with Crippen LogP contribution >= 0.6 is 0 Å². The van der Waals surface area contributed by atoms with E-state index in [0.29, 0.717) is 6.42 Å². The Hall–Kier alpha value is -1.77. The third kappa shape index (κ3) is 1.58. The first-order valence-electron chi connectivity index (χ1n) is 5.44. The summed E-state index contributed by atoms with van der Waals surface area (Å²) in [6.45, 7) is 3.85. The maximum absolute atomic E-state index is 11.2. The van der Waals surface area contributed by atoms with Crippen molar-refractivity contribution < 1.29 is 9.90 Å². The molecule has 2 rings (SSSR count). The van der Waals surface area contributed by atoms with Crippen molar-refractivity contribution in [3.63, 3.8) is 0 Å². The Kier molecular flexibility index (Phi) is 2.69. The summed E-state index contributed by atoms with van der Waals surface area (Å²) < 4.78 is 1.90. The molecule has 0 fully saturated rings. The van der Waals surface area contributed by atoms with E-state index in [9.17, 15) is 9.90 Å². The minimum Gasteiger partial charge on any atom is -0.480 e. The molecular weight excluding hydrogens is 202 g/mol. The molecule has 16 heavy (non-hydrogen) atoms. The molecule has 0 bridgehead atoms. The zero-order chi connectivity index (χ0) is 11.7. The highest BCUT2D eigenvalue weighted by molar-refractivity contribution is 5.84. The minimum absolute atomic E-state index is 0.472. The molecular formula is C13H15NO2. The van der Waals surface area contributed by atoms with Crippen LogP contribution in [0.25, 0.3) is 10.9 Å². The summed E-state index contributed by atoms with van der Waals surface area (Å²) in [5.41, 5.74) is 1.99. The van der Waals surface area contributed by atoms with Crippen LogP contribution in [-0.4, -0.2) is 15.6 Å². The van der Waals surface area contributed by atoms with Crippen molar-refractivity contribution in [1.29, 1.82) is 0 Å². The lowest BCUT2D eigenvalue weighted by Crippen LogP contribution is -2.18. The van der Waals surface area contributed by atoms with Gasteiger partial charge < -0.3 is 9.67 Å². The van der Waals surface area contributed by atoms with Crippen LogP contribution in [0, 0.1) is 6.92 Å². The summed E-state index contributed by atoms with van der Waals surface area (Å²) in [6, 6.07) is 9.43. The lowest BCUT2D eigenvalue weighted by molar-refractivity contribution is -0.140. The molecule has 0 saturated carbocycles. The second-order valence-corrected chi connectivity index (χ2v) is 3.98. The van der Waals surface area contributed by atoms with Crippen LogP contribution < -0.4 is 0 Å². The highest BCUT2D eigenvalue weighted by Crippen LogP contribution is 2.25. The Morgan fingerprint density at radius 1 is 1.44 bits per heavy atom. The molecule has 1 N–H and O–H groups in total. The molecule has 0 aliphatic heterocycles. The van der Waals surface area contributed by atoms with Crippen LogP contribution in [0.1, 0.15) is 25.1 Å². The number of carbonyl (C=O) groups is 1. The SMILES string of the molecule is CCC(C(=O)O)n1c(C)cc2ccccc21. The standard InChI is InChI=1S/C13H15NO2/c1-3-11(13(15)16)14-9(2)8-10-6-4-5-7-12(10)14/h4-8,11H,3H2,1-2H3,(H,15,16). The molecule has 0 amide bonds. The maximum Gasteiger partial charge on any atom is 0.326 e. The first kappa shape index (κ1) is 10.7. The van der Waals surface area contributed by atoms with E-state index in [-0.39, 0.29) is 0 Å². The Balaban J connectivity index is 2.66. The molecule has 0 saturated heterocycles. The van der Waals surface area contributed by atoms with Crippen molar-refractivity contribution in [2.24, 2.45) is 0 Å². The van der Waals surface area contributed by atoms with Crippen molar-refractivity contribution in [3.05, 3.63) is 36.0 Å². The fourth-order valence-electron chi connectivity index (χ4n) is 2.19. The van der Waals surface area contributed by atoms with Gasteiger partial charge in [0, 0.05) is 11.2 Å². The number of hydrogen-bond donors (Lipinski definition) is 1. The predicted octanol–water partition coefficient (Wildman–Crippen LogP) is 2.99. The Morgan fingerprint density at radius 3 is 2.75 bits per heavy atom. The van der Waals surface area contributed by atoms with Crippen molar-refractivity contribution in [3.8, 4) is 0 Å². The number of hydrogen-bond acceptors (Lipinski definition) is 1. The number of para-hydroxylation sites is 1. The smallest absolute Gasteiger partial charge is 0.326 e. The molecule has 0 aliphatic carbocycles. The quantitative estimate of drug-likeness (QED) is 0.858. The minimum atomic E-state index is -0.771. The van der Waals surface area contributed by atoms with E-state index >= 15 is 0 Å². The van der Waals surface area contributed by atoms with Crippen LogP contribution in [0.15, 0.2) is 30.3 Å². The van der Waals surface area contributed by atoms with Crippen molar-refractivity contribution in [2.75, 3.05) is 0 Å². The monoisotopic (exact) mass is 217 g/mol. The predicted molar refractivity (Wildman–Crippen MR) is 63.6 cm³/mol. The van der Waals surface area contributed by atoms with Gasteiger partial charge in [-0.1, -0.05) is 25.1 Å². The van der Waals surface area contributed by atoms with Crippen molar-refractivity contribution >= 4 is 16.9 Å². The Morgan fingerprint density at radius 2 is 2.12 bits per heavy atom. The zero-order valence-electron chi connectivity index (χ0n) is 9.47. The van der Waals surface area contributed by atoms with Gasteiger partial charge in [0.05, 0.1) is 0 Å². The normalized spacial score (nSPS) is 12.9. The fourth-order valence-corrected chi connectivity index (χ4v) is 2.19. The number of rotatable bonds is 3. The first-order chi connectivity index (χ1) is 7.65. The van der Waals surface area contributed by atoms with Crippen LogP contribution in [0.4, 0.5) is 0 Å². The van der Waals surface area contributed by atoms with Gasteiger partial charge in [0.15, 0.2) is 0 Å². The molecule has 1 atom stereocenters. The highest BCUT2D eigenvalue weighted by Gasteiger charge is 2.20. The highest BCUT2D eigenvalue weighted by atomic mass is 16.4. The third-order valence-corrected chi connectivity index (χ3v) is 2.92. The number of benzene rings is 1. The fraction of sp³-hybridized carbons (Fsp3) is 0.308. The van der Waals surface area contributed by atoms with Crippen LogP contribution in [0.2, 0.25) is 0 Å². The van der Waals surface area contributed by atoms with Gasteiger partial charge >= 0.3 is 5.97 Å². The van der Waals surface area contributed by atoms with Gasteiger partial charge in [-0.3, -0.25) is 0 Å². The number of aliphatic carboxylic acids is 1. The molecule has 0 radical (unpaired) electrons.